The average molecular weight is 209 g/mol. The lowest BCUT2D eigenvalue weighted by atomic mass is 10.2. The summed E-state index contributed by atoms with van der Waals surface area (Å²) < 4.78 is 3.58. The Kier molecular flexibility index (Phi) is 2.95. The van der Waals surface area contributed by atoms with E-state index in [1.54, 1.807) is 4.57 Å². The SMILES string of the molecule is CC(C)n1ccn(CC2CCCN2)c1=O. The van der Waals surface area contributed by atoms with Gasteiger partial charge in [-0.2, -0.15) is 0 Å². The van der Waals surface area contributed by atoms with Gasteiger partial charge in [0.25, 0.3) is 0 Å². The fourth-order valence-electron chi connectivity index (χ4n) is 2.11. The molecule has 0 aromatic carbocycles. The highest BCUT2D eigenvalue weighted by atomic mass is 16.1. The molecule has 0 saturated carbocycles. The second-order valence-electron chi connectivity index (χ2n) is 4.53. The lowest BCUT2D eigenvalue weighted by Crippen LogP contribution is -2.33. The van der Waals surface area contributed by atoms with Gasteiger partial charge in [0.15, 0.2) is 0 Å². The van der Waals surface area contributed by atoms with E-state index in [1.165, 1.54) is 12.8 Å². The van der Waals surface area contributed by atoms with Crippen LogP contribution in [0.15, 0.2) is 17.2 Å². The van der Waals surface area contributed by atoms with Crippen LogP contribution in [-0.4, -0.2) is 21.7 Å². The van der Waals surface area contributed by atoms with Crippen LogP contribution in [0.2, 0.25) is 0 Å². The third-order valence-electron chi connectivity index (χ3n) is 3.01. The minimum Gasteiger partial charge on any atom is -0.312 e. The predicted octanol–water partition coefficient (Wildman–Crippen LogP) is 0.983. The summed E-state index contributed by atoms with van der Waals surface area (Å²) in [6.07, 6.45) is 6.17. The van der Waals surface area contributed by atoms with Crippen LogP contribution >= 0.6 is 0 Å². The molecule has 0 spiro atoms. The number of hydrogen-bond acceptors (Lipinski definition) is 2. The van der Waals surface area contributed by atoms with E-state index in [9.17, 15) is 4.79 Å². The van der Waals surface area contributed by atoms with E-state index in [0.717, 1.165) is 13.1 Å². The van der Waals surface area contributed by atoms with Crippen LogP contribution < -0.4 is 11.0 Å². The Labute approximate surface area is 89.9 Å². The van der Waals surface area contributed by atoms with Crippen molar-refractivity contribution < 1.29 is 0 Å². The summed E-state index contributed by atoms with van der Waals surface area (Å²) in [6, 6.07) is 0.723. The van der Waals surface area contributed by atoms with Crippen molar-refractivity contribution in [1.29, 1.82) is 0 Å². The van der Waals surface area contributed by atoms with Gasteiger partial charge >= 0.3 is 5.69 Å². The maximum atomic E-state index is 11.9. The van der Waals surface area contributed by atoms with Crippen LogP contribution in [0, 0.1) is 0 Å². The predicted molar refractivity (Wildman–Crippen MR) is 60.1 cm³/mol. The van der Waals surface area contributed by atoms with Crippen molar-refractivity contribution in [3.05, 3.63) is 22.9 Å². The molecule has 15 heavy (non-hydrogen) atoms. The molecule has 1 unspecified atom stereocenters. The molecule has 1 N–H and O–H groups in total. The molecule has 1 saturated heterocycles. The van der Waals surface area contributed by atoms with Gasteiger partial charge in [-0.25, -0.2) is 4.79 Å². The monoisotopic (exact) mass is 209 g/mol. The Morgan fingerprint density at radius 2 is 2.33 bits per heavy atom. The van der Waals surface area contributed by atoms with Crippen molar-refractivity contribution in [1.82, 2.24) is 14.5 Å². The van der Waals surface area contributed by atoms with Crippen LogP contribution in [0.5, 0.6) is 0 Å². The fourth-order valence-corrected chi connectivity index (χ4v) is 2.11. The number of hydrogen-bond donors (Lipinski definition) is 1. The van der Waals surface area contributed by atoms with Gasteiger partial charge < -0.3 is 5.32 Å². The molecular formula is C11H19N3O. The summed E-state index contributed by atoms with van der Waals surface area (Å²) in [5.74, 6) is 0. The highest BCUT2D eigenvalue weighted by Gasteiger charge is 2.16. The third-order valence-corrected chi connectivity index (χ3v) is 3.01. The second kappa shape index (κ2) is 4.23. The molecule has 0 aliphatic carbocycles. The molecule has 2 heterocycles. The maximum Gasteiger partial charge on any atom is 0.328 e. The van der Waals surface area contributed by atoms with Crippen molar-refractivity contribution in [3.63, 3.8) is 0 Å². The van der Waals surface area contributed by atoms with Crippen molar-refractivity contribution >= 4 is 0 Å². The average Bonchev–Trinajstić information content (AvgIpc) is 2.78. The molecule has 1 aromatic heterocycles. The van der Waals surface area contributed by atoms with Gasteiger partial charge in [0.2, 0.25) is 0 Å². The summed E-state index contributed by atoms with van der Waals surface area (Å²) in [5.41, 5.74) is 0.110. The molecule has 1 aliphatic rings. The summed E-state index contributed by atoms with van der Waals surface area (Å²) in [7, 11) is 0. The molecule has 1 aromatic rings. The Bertz CT molecular complexity index is 371. The molecule has 1 aliphatic heterocycles. The van der Waals surface area contributed by atoms with Crippen molar-refractivity contribution in [3.8, 4) is 0 Å². The minimum atomic E-state index is 0.110. The Hall–Kier alpha value is -1.03. The Morgan fingerprint density at radius 3 is 2.87 bits per heavy atom. The largest absolute Gasteiger partial charge is 0.328 e. The Morgan fingerprint density at radius 1 is 1.53 bits per heavy atom. The third kappa shape index (κ3) is 2.15. The van der Waals surface area contributed by atoms with Crippen molar-refractivity contribution in [2.24, 2.45) is 0 Å². The van der Waals surface area contributed by atoms with Gasteiger partial charge in [-0.1, -0.05) is 0 Å². The zero-order valence-electron chi connectivity index (χ0n) is 9.44. The van der Waals surface area contributed by atoms with Gasteiger partial charge in [0.05, 0.1) is 0 Å². The second-order valence-corrected chi connectivity index (χ2v) is 4.53. The fraction of sp³-hybridized carbons (Fsp3) is 0.727. The molecular weight excluding hydrogens is 190 g/mol. The van der Waals surface area contributed by atoms with Crippen LogP contribution in [-0.2, 0) is 6.54 Å². The maximum absolute atomic E-state index is 11.9. The molecule has 2 rings (SSSR count). The Balaban J connectivity index is 2.11. The molecule has 1 fully saturated rings. The molecule has 0 amide bonds. The van der Waals surface area contributed by atoms with Crippen LogP contribution in [0.3, 0.4) is 0 Å². The molecule has 4 nitrogen and oxygen atoms in total. The van der Waals surface area contributed by atoms with Crippen LogP contribution in [0.25, 0.3) is 0 Å². The zero-order valence-corrected chi connectivity index (χ0v) is 9.44. The normalized spacial score (nSPS) is 21.4. The van der Waals surface area contributed by atoms with Gasteiger partial charge in [-0.3, -0.25) is 9.13 Å². The summed E-state index contributed by atoms with van der Waals surface area (Å²) >= 11 is 0. The smallest absolute Gasteiger partial charge is 0.312 e. The van der Waals surface area contributed by atoms with E-state index in [4.69, 9.17) is 0 Å². The minimum absolute atomic E-state index is 0.110. The van der Waals surface area contributed by atoms with Crippen LogP contribution in [0.4, 0.5) is 0 Å². The topological polar surface area (TPSA) is 39.0 Å². The summed E-state index contributed by atoms with van der Waals surface area (Å²) in [4.78, 5) is 11.9. The van der Waals surface area contributed by atoms with E-state index < -0.39 is 0 Å². The van der Waals surface area contributed by atoms with Gasteiger partial charge in [-0.15, -0.1) is 0 Å². The molecule has 0 radical (unpaired) electrons. The first-order valence-corrected chi connectivity index (χ1v) is 5.69. The van der Waals surface area contributed by atoms with Gasteiger partial charge in [0, 0.05) is 31.0 Å². The van der Waals surface area contributed by atoms with E-state index >= 15 is 0 Å². The molecule has 0 bridgehead atoms. The van der Waals surface area contributed by atoms with E-state index in [2.05, 4.69) is 5.32 Å². The summed E-state index contributed by atoms with van der Waals surface area (Å²) in [6.45, 7) is 5.95. The zero-order chi connectivity index (χ0) is 10.8. The first-order chi connectivity index (χ1) is 7.18. The molecule has 1 atom stereocenters. The van der Waals surface area contributed by atoms with Crippen molar-refractivity contribution in [2.45, 2.75) is 45.3 Å². The quantitative estimate of drug-likeness (QED) is 0.806. The van der Waals surface area contributed by atoms with Gasteiger partial charge in [0.1, 0.15) is 0 Å². The van der Waals surface area contributed by atoms with E-state index in [1.807, 2.05) is 30.8 Å². The molecule has 4 heteroatoms. The van der Waals surface area contributed by atoms with E-state index in [-0.39, 0.29) is 11.7 Å². The molecule has 84 valence electrons. The summed E-state index contributed by atoms with van der Waals surface area (Å²) in [5, 5.41) is 3.40. The van der Waals surface area contributed by atoms with Crippen molar-refractivity contribution in [2.75, 3.05) is 6.54 Å². The van der Waals surface area contributed by atoms with Crippen LogP contribution in [0.1, 0.15) is 32.7 Å². The highest BCUT2D eigenvalue weighted by Crippen LogP contribution is 2.07. The standard InChI is InChI=1S/C11H19N3O/c1-9(2)14-7-6-13(11(14)15)8-10-4-3-5-12-10/h6-7,9-10,12H,3-5,8H2,1-2H3. The highest BCUT2D eigenvalue weighted by molar-refractivity contribution is 4.86. The lowest BCUT2D eigenvalue weighted by Gasteiger charge is -2.10. The number of nitrogens with zero attached hydrogens (tertiary/aromatic N) is 2. The first-order valence-electron chi connectivity index (χ1n) is 5.69. The first kappa shape index (κ1) is 10.5. The van der Waals surface area contributed by atoms with E-state index in [0.29, 0.717) is 6.04 Å². The number of nitrogens with one attached hydrogen (secondary N) is 1. The lowest BCUT2D eigenvalue weighted by molar-refractivity contribution is 0.482. The number of aromatic nitrogens is 2. The number of imidazole rings is 1. The number of rotatable bonds is 3. The van der Waals surface area contributed by atoms with Gasteiger partial charge in [-0.05, 0) is 33.2 Å².